The largest absolute Gasteiger partial charge is 0.423 e. The fraction of sp³-hybridized carbons (Fsp3) is 0.0476. The number of anilines is 2. The SMILES string of the molecule is Nc1cccc(OC(=O)c2cccc(OC(=O)c3ccc(N)cc3C(F)(F)F)c2)c1. The van der Waals surface area contributed by atoms with Crippen molar-refractivity contribution < 1.29 is 32.2 Å². The topological polar surface area (TPSA) is 105 Å². The maximum atomic E-state index is 13.2. The van der Waals surface area contributed by atoms with Crippen LogP contribution in [0.5, 0.6) is 11.5 Å². The predicted molar refractivity (Wildman–Crippen MR) is 103 cm³/mol. The van der Waals surface area contributed by atoms with Crippen LogP contribution < -0.4 is 20.9 Å². The van der Waals surface area contributed by atoms with Gasteiger partial charge in [0.15, 0.2) is 0 Å². The first-order chi connectivity index (χ1) is 14.1. The summed E-state index contributed by atoms with van der Waals surface area (Å²) >= 11 is 0. The van der Waals surface area contributed by atoms with Gasteiger partial charge in [-0.3, -0.25) is 0 Å². The quantitative estimate of drug-likeness (QED) is 0.373. The van der Waals surface area contributed by atoms with E-state index in [1.54, 1.807) is 12.1 Å². The monoisotopic (exact) mass is 416 g/mol. The summed E-state index contributed by atoms with van der Waals surface area (Å²) in [6, 6.07) is 14.2. The molecular formula is C21H15F3N2O4. The van der Waals surface area contributed by atoms with Gasteiger partial charge in [-0.05, 0) is 48.5 Å². The van der Waals surface area contributed by atoms with Crippen LogP contribution in [0.1, 0.15) is 26.3 Å². The molecule has 154 valence electrons. The first kappa shape index (κ1) is 20.7. The van der Waals surface area contributed by atoms with Crippen LogP contribution >= 0.6 is 0 Å². The summed E-state index contributed by atoms with van der Waals surface area (Å²) in [5, 5.41) is 0. The number of benzene rings is 3. The molecule has 0 radical (unpaired) electrons. The summed E-state index contributed by atoms with van der Waals surface area (Å²) in [5.41, 5.74) is 9.36. The molecular weight excluding hydrogens is 401 g/mol. The molecule has 0 bridgehead atoms. The third-order valence-electron chi connectivity index (χ3n) is 3.92. The van der Waals surface area contributed by atoms with Crippen LogP contribution in [0, 0.1) is 0 Å². The first-order valence-corrected chi connectivity index (χ1v) is 8.50. The Balaban J connectivity index is 1.80. The van der Waals surface area contributed by atoms with E-state index < -0.39 is 29.2 Å². The van der Waals surface area contributed by atoms with E-state index in [0.29, 0.717) is 11.8 Å². The van der Waals surface area contributed by atoms with Crippen molar-refractivity contribution in [3.8, 4) is 11.5 Å². The van der Waals surface area contributed by atoms with E-state index in [-0.39, 0.29) is 22.7 Å². The van der Waals surface area contributed by atoms with E-state index in [2.05, 4.69) is 0 Å². The molecule has 0 aliphatic rings. The highest BCUT2D eigenvalue weighted by Crippen LogP contribution is 2.34. The van der Waals surface area contributed by atoms with Crippen LogP contribution in [0.3, 0.4) is 0 Å². The van der Waals surface area contributed by atoms with Crippen molar-refractivity contribution in [1.29, 1.82) is 0 Å². The zero-order chi connectivity index (χ0) is 21.9. The molecule has 3 rings (SSSR count). The van der Waals surface area contributed by atoms with Crippen LogP contribution in [0.15, 0.2) is 66.7 Å². The van der Waals surface area contributed by atoms with Gasteiger partial charge in [0, 0.05) is 17.4 Å². The number of hydrogen-bond donors (Lipinski definition) is 2. The molecule has 0 amide bonds. The first-order valence-electron chi connectivity index (χ1n) is 8.50. The van der Waals surface area contributed by atoms with E-state index in [1.165, 1.54) is 36.4 Å². The third-order valence-corrected chi connectivity index (χ3v) is 3.92. The molecule has 0 aromatic heterocycles. The van der Waals surface area contributed by atoms with Crippen LogP contribution in [0.25, 0.3) is 0 Å². The molecule has 3 aromatic carbocycles. The van der Waals surface area contributed by atoms with Gasteiger partial charge in [0.25, 0.3) is 0 Å². The van der Waals surface area contributed by atoms with Gasteiger partial charge >= 0.3 is 18.1 Å². The zero-order valence-corrected chi connectivity index (χ0v) is 15.3. The summed E-state index contributed by atoms with van der Waals surface area (Å²) in [6.07, 6.45) is -4.80. The molecule has 30 heavy (non-hydrogen) atoms. The van der Waals surface area contributed by atoms with E-state index in [9.17, 15) is 22.8 Å². The summed E-state index contributed by atoms with van der Waals surface area (Å²) in [7, 11) is 0. The molecule has 0 atom stereocenters. The van der Waals surface area contributed by atoms with Crippen molar-refractivity contribution in [3.63, 3.8) is 0 Å². The van der Waals surface area contributed by atoms with Gasteiger partial charge in [-0.25, -0.2) is 9.59 Å². The molecule has 0 aliphatic carbocycles. The smallest absolute Gasteiger partial charge is 0.417 e. The summed E-state index contributed by atoms with van der Waals surface area (Å²) in [4.78, 5) is 24.6. The number of carbonyl (C=O) groups is 2. The van der Waals surface area contributed by atoms with Crippen molar-refractivity contribution >= 4 is 23.3 Å². The number of ether oxygens (including phenoxy) is 2. The average molecular weight is 416 g/mol. The summed E-state index contributed by atoms with van der Waals surface area (Å²) < 4.78 is 49.8. The normalized spacial score (nSPS) is 11.0. The van der Waals surface area contributed by atoms with Gasteiger partial charge in [-0.2, -0.15) is 13.2 Å². The molecule has 0 unspecified atom stereocenters. The minimum Gasteiger partial charge on any atom is -0.423 e. The van der Waals surface area contributed by atoms with Crippen molar-refractivity contribution in [1.82, 2.24) is 0 Å². The predicted octanol–water partition coefficient (Wildman–Crippen LogP) is 4.31. The van der Waals surface area contributed by atoms with Crippen LogP contribution in [-0.2, 0) is 6.18 Å². The third kappa shape index (κ3) is 4.88. The standard InChI is InChI=1S/C21H15F3N2O4/c22-21(23,24)18-11-14(26)7-8-17(18)20(28)30-15-5-1-3-12(9-15)19(27)29-16-6-2-4-13(25)10-16/h1-11H,25-26H2. The molecule has 9 heteroatoms. The van der Waals surface area contributed by atoms with E-state index in [1.807, 2.05) is 0 Å². The molecule has 0 aliphatic heterocycles. The van der Waals surface area contributed by atoms with E-state index in [0.717, 1.165) is 12.1 Å². The molecule has 0 saturated heterocycles. The Hall–Kier alpha value is -4.01. The second kappa shape index (κ2) is 8.16. The van der Waals surface area contributed by atoms with Crippen molar-refractivity contribution in [2.24, 2.45) is 0 Å². The lowest BCUT2D eigenvalue weighted by molar-refractivity contribution is -0.138. The van der Waals surface area contributed by atoms with E-state index in [4.69, 9.17) is 20.9 Å². The molecule has 0 saturated carbocycles. The Morgan fingerprint density at radius 2 is 1.33 bits per heavy atom. The number of rotatable bonds is 4. The maximum absolute atomic E-state index is 13.2. The lowest BCUT2D eigenvalue weighted by Crippen LogP contribution is -2.17. The summed E-state index contributed by atoms with van der Waals surface area (Å²) in [5.74, 6) is -1.93. The Labute approximate surface area is 168 Å². The van der Waals surface area contributed by atoms with Crippen molar-refractivity contribution in [2.45, 2.75) is 6.18 Å². The van der Waals surface area contributed by atoms with Gasteiger partial charge in [0.1, 0.15) is 11.5 Å². The number of carbonyl (C=O) groups excluding carboxylic acids is 2. The average Bonchev–Trinajstić information content (AvgIpc) is 2.67. The number of nitrogen functional groups attached to an aromatic ring is 2. The highest BCUT2D eigenvalue weighted by Gasteiger charge is 2.36. The Morgan fingerprint density at radius 3 is 2.00 bits per heavy atom. The second-order valence-corrected chi connectivity index (χ2v) is 6.18. The molecule has 0 fully saturated rings. The zero-order valence-electron chi connectivity index (χ0n) is 15.3. The van der Waals surface area contributed by atoms with Crippen molar-refractivity contribution in [3.05, 3.63) is 83.4 Å². The van der Waals surface area contributed by atoms with Gasteiger partial charge in [-0.1, -0.05) is 12.1 Å². The fourth-order valence-electron chi connectivity index (χ4n) is 2.57. The molecule has 6 nitrogen and oxygen atoms in total. The van der Waals surface area contributed by atoms with Crippen LogP contribution in [0.4, 0.5) is 24.5 Å². The summed E-state index contributed by atoms with van der Waals surface area (Å²) in [6.45, 7) is 0. The minimum absolute atomic E-state index is 0.0241. The van der Waals surface area contributed by atoms with Gasteiger partial charge < -0.3 is 20.9 Å². The van der Waals surface area contributed by atoms with Gasteiger partial charge in [0.05, 0.1) is 16.7 Å². The maximum Gasteiger partial charge on any atom is 0.417 e. The number of hydrogen-bond acceptors (Lipinski definition) is 6. The Morgan fingerprint density at radius 1 is 0.733 bits per heavy atom. The lowest BCUT2D eigenvalue weighted by atomic mass is 10.1. The van der Waals surface area contributed by atoms with E-state index >= 15 is 0 Å². The van der Waals surface area contributed by atoms with Crippen LogP contribution in [0.2, 0.25) is 0 Å². The number of esters is 2. The molecule has 3 aromatic rings. The minimum atomic E-state index is -4.80. The van der Waals surface area contributed by atoms with Crippen LogP contribution in [-0.4, -0.2) is 11.9 Å². The Bertz CT molecular complexity index is 1110. The Kier molecular flexibility index (Phi) is 5.63. The highest BCUT2D eigenvalue weighted by molar-refractivity contribution is 5.94. The second-order valence-electron chi connectivity index (χ2n) is 6.18. The number of halogens is 3. The molecule has 4 N–H and O–H groups in total. The molecule has 0 spiro atoms. The highest BCUT2D eigenvalue weighted by atomic mass is 19.4. The number of nitrogens with two attached hydrogens (primary N) is 2. The fourth-order valence-corrected chi connectivity index (χ4v) is 2.57. The van der Waals surface area contributed by atoms with Gasteiger partial charge in [0.2, 0.25) is 0 Å². The number of alkyl halides is 3. The lowest BCUT2D eigenvalue weighted by Gasteiger charge is -2.13. The van der Waals surface area contributed by atoms with Gasteiger partial charge in [-0.15, -0.1) is 0 Å². The molecule has 0 heterocycles. The van der Waals surface area contributed by atoms with Crippen molar-refractivity contribution in [2.75, 3.05) is 11.5 Å².